The van der Waals surface area contributed by atoms with Gasteiger partial charge in [-0.15, -0.1) is 0 Å². The van der Waals surface area contributed by atoms with Crippen LogP contribution in [0.15, 0.2) is 29.2 Å². The molecule has 0 atom stereocenters. The Morgan fingerprint density at radius 3 is 2.45 bits per heavy atom. The summed E-state index contributed by atoms with van der Waals surface area (Å²) in [7, 11) is -2.65. The average Bonchev–Trinajstić information content (AvgIpc) is 2.30. The van der Waals surface area contributed by atoms with Gasteiger partial charge in [0.25, 0.3) is 0 Å². The lowest BCUT2D eigenvalue weighted by Crippen LogP contribution is -2.29. The highest BCUT2D eigenvalue weighted by Crippen LogP contribution is 2.23. The Labute approximate surface area is 117 Å². The van der Waals surface area contributed by atoms with E-state index in [-0.39, 0.29) is 17.0 Å². The van der Waals surface area contributed by atoms with Gasteiger partial charge in [-0.3, -0.25) is 0 Å². The molecule has 0 unspecified atom stereocenters. The van der Waals surface area contributed by atoms with Gasteiger partial charge in [-0.1, -0.05) is 12.2 Å². The molecule has 20 heavy (non-hydrogen) atoms. The van der Waals surface area contributed by atoms with Gasteiger partial charge < -0.3 is 5.11 Å². The summed E-state index contributed by atoms with van der Waals surface area (Å²) in [6, 6.07) is 1.76. The van der Waals surface area contributed by atoms with E-state index in [9.17, 15) is 17.6 Å². The zero-order chi connectivity index (χ0) is 15.7. The van der Waals surface area contributed by atoms with Crippen molar-refractivity contribution in [1.29, 1.82) is 0 Å². The number of carboxylic acids is 1. The quantitative estimate of drug-likeness (QED) is 0.844. The molecule has 0 spiro atoms. The van der Waals surface area contributed by atoms with E-state index in [1.54, 1.807) is 6.92 Å². The molecular formula is C13H16FNO4S. The first-order valence-electron chi connectivity index (χ1n) is 5.71. The van der Waals surface area contributed by atoms with Gasteiger partial charge in [0.2, 0.25) is 10.0 Å². The van der Waals surface area contributed by atoms with Crippen molar-refractivity contribution < 1.29 is 22.7 Å². The molecule has 1 rings (SSSR count). The van der Waals surface area contributed by atoms with Crippen LogP contribution in [0.1, 0.15) is 22.8 Å². The highest BCUT2D eigenvalue weighted by molar-refractivity contribution is 7.89. The lowest BCUT2D eigenvalue weighted by Gasteiger charge is -2.19. The number of hydrogen-bond donors (Lipinski definition) is 1. The normalized spacial score (nSPS) is 11.7. The molecule has 0 fully saturated rings. The second kappa shape index (κ2) is 5.72. The van der Waals surface area contributed by atoms with Crippen molar-refractivity contribution in [2.45, 2.75) is 18.7 Å². The number of nitrogens with zero attached hydrogens (tertiary/aromatic N) is 1. The fourth-order valence-electron chi connectivity index (χ4n) is 1.68. The summed E-state index contributed by atoms with van der Waals surface area (Å²) in [5, 5.41) is 8.89. The summed E-state index contributed by atoms with van der Waals surface area (Å²) in [4.78, 5) is 10.6. The van der Waals surface area contributed by atoms with Gasteiger partial charge in [0.1, 0.15) is 5.82 Å². The van der Waals surface area contributed by atoms with Gasteiger partial charge in [0.05, 0.1) is 10.5 Å². The van der Waals surface area contributed by atoms with Crippen LogP contribution in [0.2, 0.25) is 0 Å². The van der Waals surface area contributed by atoms with Crippen LogP contribution in [-0.4, -0.2) is 37.4 Å². The summed E-state index contributed by atoms with van der Waals surface area (Å²) in [6.07, 6.45) is 0. The minimum absolute atomic E-state index is 0.0701. The number of likely N-dealkylation sites (N-methyl/N-ethyl adjacent to an activating group) is 1. The molecule has 0 radical (unpaired) electrons. The van der Waals surface area contributed by atoms with Crippen molar-refractivity contribution in [1.82, 2.24) is 4.31 Å². The highest BCUT2D eigenvalue weighted by atomic mass is 32.2. The zero-order valence-electron chi connectivity index (χ0n) is 11.5. The van der Waals surface area contributed by atoms with Gasteiger partial charge >= 0.3 is 5.97 Å². The predicted octanol–water partition coefficient (Wildman–Crippen LogP) is 2.03. The van der Waals surface area contributed by atoms with Crippen molar-refractivity contribution in [2.75, 3.05) is 13.6 Å². The van der Waals surface area contributed by atoms with Crippen LogP contribution in [0.4, 0.5) is 4.39 Å². The molecule has 0 aliphatic heterocycles. The van der Waals surface area contributed by atoms with Crippen LogP contribution in [0.25, 0.3) is 0 Å². The molecule has 0 heterocycles. The largest absolute Gasteiger partial charge is 0.478 e. The summed E-state index contributed by atoms with van der Waals surface area (Å²) < 4.78 is 39.4. The molecule has 1 N–H and O–H groups in total. The highest BCUT2D eigenvalue weighted by Gasteiger charge is 2.26. The number of aromatic carboxylic acids is 1. The molecule has 110 valence electrons. The van der Waals surface area contributed by atoms with Gasteiger partial charge in [0.15, 0.2) is 0 Å². The Bertz CT molecular complexity index is 667. The Morgan fingerprint density at radius 1 is 1.45 bits per heavy atom. The van der Waals surface area contributed by atoms with Crippen molar-refractivity contribution in [3.05, 3.63) is 41.2 Å². The Balaban J connectivity index is 3.45. The van der Waals surface area contributed by atoms with E-state index < -0.39 is 27.4 Å². The summed E-state index contributed by atoms with van der Waals surface area (Å²) in [5.41, 5.74) is 0.0996. The van der Waals surface area contributed by atoms with Crippen molar-refractivity contribution in [2.24, 2.45) is 0 Å². The monoisotopic (exact) mass is 301 g/mol. The maximum Gasteiger partial charge on any atom is 0.335 e. The molecule has 1 aromatic rings. The molecule has 0 saturated carbocycles. The van der Waals surface area contributed by atoms with E-state index >= 15 is 0 Å². The number of halogens is 1. The third-order valence-electron chi connectivity index (χ3n) is 2.72. The fourth-order valence-corrected chi connectivity index (χ4v) is 3.16. The summed E-state index contributed by atoms with van der Waals surface area (Å²) in [6.45, 7) is 6.64. The molecule has 0 saturated heterocycles. The SMILES string of the molecule is C=C(C)CN(C)S(=O)(=O)c1cc(C(=O)O)cc(F)c1C. The Hall–Kier alpha value is -1.73. The van der Waals surface area contributed by atoms with Crippen LogP contribution >= 0.6 is 0 Å². The summed E-state index contributed by atoms with van der Waals surface area (Å²) >= 11 is 0. The van der Waals surface area contributed by atoms with Gasteiger partial charge in [0, 0.05) is 19.2 Å². The molecule has 1 aromatic carbocycles. The van der Waals surface area contributed by atoms with E-state index in [0.29, 0.717) is 5.57 Å². The Morgan fingerprint density at radius 2 is 2.00 bits per heavy atom. The smallest absolute Gasteiger partial charge is 0.335 e. The van der Waals surface area contributed by atoms with Crippen LogP contribution in [0.3, 0.4) is 0 Å². The van der Waals surface area contributed by atoms with Crippen molar-refractivity contribution in [3.63, 3.8) is 0 Å². The van der Waals surface area contributed by atoms with E-state index in [4.69, 9.17) is 5.11 Å². The van der Waals surface area contributed by atoms with Crippen molar-refractivity contribution in [3.8, 4) is 0 Å². The number of hydrogen-bond acceptors (Lipinski definition) is 3. The third-order valence-corrected chi connectivity index (χ3v) is 4.65. The van der Waals surface area contributed by atoms with Crippen LogP contribution < -0.4 is 0 Å². The first-order valence-corrected chi connectivity index (χ1v) is 7.15. The second-order valence-corrected chi connectivity index (χ2v) is 6.62. The molecule has 0 amide bonds. The first kappa shape index (κ1) is 16.3. The standard InChI is InChI=1S/C13H16FNO4S/c1-8(2)7-15(4)20(18,19)12-6-10(13(16)17)5-11(14)9(12)3/h5-6H,1,7H2,2-4H3,(H,16,17). The van der Waals surface area contributed by atoms with Crippen molar-refractivity contribution >= 4 is 16.0 Å². The molecule has 0 aliphatic carbocycles. The molecule has 0 bridgehead atoms. The second-order valence-electron chi connectivity index (χ2n) is 4.60. The summed E-state index contributed by atoms with van der Waals surface area (Å²) in [5.74, 6) is -2.25. The number of benzene rings is 1. The van der Waals surface area contributed by atoms with E-state index in [2.05, 4.69) is 6.58 Å². The van der Waals surface area contributed by atoms with Gasteiger partial charge in [-0.2, -0.15) is 4.31 Å². The van der Waals surface area contributed by atoms with E-state index in [0.717, 1.165) is 16.4 Å². The van der Waals surface area contributed by atoms with E-state index in [1.165, 1.54) is 14.0 Å². The number of carbonyl (C=O) groups is 1. The predicted molar refractivity (Wildman–Crippen MR) is 72.7 cm³/mol. The van der Waals surface area contributed by atoms with Crippen LogP contribution in [0, 0.1) is 12.7 Å². The lowest BCUT2D eigenvalue weighted by molar-refractivity contribution is 0.0696. The molecule has 5 nitrogen and oxygen atoms in total. The molecular weight excluding hydrogens is 285 g/mol. The minimum Gasteiger partial charge on any atom is -0.478 e. The third kappa shape index (κ3) is 3.23. The maximum atomic E-state index is 13.7. The number of rotatable bonds is 5. The molecule has 0 aromatic heterocycles. The van der Waals surface area contributed by atoms with Gasteiger partial charge in [-0.05, 0) is 26.0 Å². The first-order chi connectivity index (χ1) is 9.07. The molecule has 7 heteroatoms. The van der Waals surface area contributed by atoms with E-state index in [1.807, 2.05) is 0 Å². The Kier molecular flexibility index (Phi) is 4.67. The molecule has 0 aliphatic rings. The zero-order valence-corrected chi connectivity index (χ0v) is 12.3. The maximum absolute atomic E-state index is 13.7. The number of sulfonamides is 1. The fraction of sp³-hybridized carbons (Fsp3) is 0.308. The minimum atomic E-state index is -3.97. The van der Waals surface area contributed by atoms with Gasteiger partial charge in [-0.25, -0.2) is 17.6 Å². The average molecular weight is 301 g/mol. The van der Waals surface area contributed by atoms with Crippen LogP contribution in [-0.2, 0) is 10.0 Å². The lowest BCUT2D eigenvalue weighted by atomic mass is 10.1. The van der Waals surface area contributed by atoms with Crippen LogP contribution in [0.5, 0.6) is 0 Å². The number of carboxylic acid groups (broad SMARTS) is 1. The topological polar surface area (TPSA) is 74.7 Å².